The Morgan fingerprint density at radius 1 is 1.18 bits per heavy atom. The topological polar surface area (TPSA) is 61.0 Å². The molecular weight excluding hydrogens is 348 g/mol. The van der Waals surface area contributed by atoms with E-state index in [1.165, 1.54) is 29.7 Å². The van der Waals surface area contributed by atoms with Gasteiger partial charge in [0.1, 0.15) is 0 Å². The van der Waals surface area contributed by atoms with Crippen LogP contribution in [0.3, 0.4) is 0 Å². The highest BCUT2D eigenvalue weighted by Crippen LogP contribution is 2.21. The quantitative estimate of drug-likeness (QED) is 0.679. The van der Waals surface area contributed by atoms with Crippen molar-refractivity contribution in [2.24, 2.45) is 5.92 Å². The molecule has 2 N–H and O–H groups in total. The SMILES string of the molecule is CC.Cc1ccc(NC(=O)C2CCN(CCCCc3cnc[nH]3)CC2)cc1C. The number of likely N-dealkylation sites (tertiary alicyclic amines) is 1. The summed E-state index contributed by atoms with van der Waals surface area (Å²) in [4.78, 5) is 22.2. The van der Waals surface area contributed by atoms with Gasteiger partial charge in [-0.25, -0.2) is 4.98 Å². The third-order valence-electron chi connectivity index (χ3n) is 5.46. The van der Waals surface area contributed by atoms with Gasteiger partial charge in [0.25, 0.3) is 0 Å². The fourth-order valence-corrected chi connectivity index (χ4v) is 3.55. The van der Waals surface area contributed by atoms with Gasteiger partial charge < -0.3 is 15.2 Å². The molecule has 1 aromatic heterocycles. The number of piperidine rings is 1. The van der Waals surface area contributed by atoms with Gasteiger partial charge in [0.2, 0.25) is 5.91 Å². The van der Waals surface area contributed by atoms with E-state index in [9.17, 15) is 4.79 Å². The molecular formula is C23H36N4O. The molecule has 154 valence electrons. The minimum Gasteiger partial charge on any atom is -0.348 e. The number of carbonyl (C=O) groups excluding carboxylic acids is 1. The standard InChI is InChI=1S/C21H30N4O.C2H6/c1-16-6-7-19(13-17(16)2)24-21(26)18-8-11-25(12-9-18)10-4-3-5-20-14-22-15-23-20;1-2/h6-7,13-15,18H,3-5,8-12H2,1-2H3,(H,22,23)(H,24,26);1-2H3. The Balaban J connectivity index is 0.00000136. The van der Waals surface area contributed by atoms with Crippen molar-refractivity contribution in [3.63, 3.8) is 0 Å². The Morgan fingerprint density at radius 3 is 2.57 bits per heavy atom. The molecule has 2 aromatic rings. The number of anilines is 1. The Bertz CT molecular complexity index is 703. The first-order chi connectivity index (χ1) is 13.6. The zero-order valence-corrected chi connectivity index (χ0v) is 17.9. The van der Waals surface area contributed by atoms with Crippen LogP contribution in [0.1, 0.15) is 56.4 Å². The Hall–Kier alpha value is -2.14. The van der Waals surface area contributed by atoms with Gasteiger partial charge in [0, 0.05) is 23.5 Å². The number of carbonyl (C=O) groups is 1. The lowest BCUT2D eigenvalue weighted by atomic mass is 9.95. The van der Waals surface area contributed by atoms with E-state index in [0.717, 1.165) is 44.6 Å². The van der Waals surface area contributed by atoms with Crippen LogP contribution in [0.4, 0.5) is 5.69 Å². The number of aryl methyl sites for hydroxylation is 3. The number of rotatable bonds is 7. The van der Waals surface area contributed by atoms with Crippen molar-refractivity contribution in [2.75, 3.05) is 25.0 Å². The van der Waals surface area contributed by atoms with E-state index in [4.69, 9.17) is 0 Å². The second-order valence-corrected chi connectivity index (χ2v) is 7.44. The van der Waals surface area contributed by atoms with Gasteiger partial charge in [0.15, 0.2) is 0 Å². The average molecular weight is 385 g/mol. The van der Waals surface area contributed by atoms with Crippen LogP contribution in [-0.4, -0.2) is 40.4 Å². The molecule has 0 saturated carbocycles. The molecule has 1 amide bonds. The molecule has 0 bridgehead atoms. The van der Waals surface area contributed by atoms with Gasteiger partial charge >= 0.3 is 0 Å². The molecule has 1 aromatic carbocycles. The van der Waals surface area contributed by atoms with E-state index in [-0.39, 0.29) is 11.8 Å². The van der Waals surface area contributed by atoms with Gasteiger partial charge in [0.05, 0.1) is 6.33 Å². The number of hydrogen-bond acceptors (Lipinski definition) is 3. The van der Waals surface area contributed by atoms with E-state index in [0.29, 0.717) is 0 Å². The predicted octanol–water partition coefficient (Wildman–Crippen LogP) is 4.73. The number of benzene rings is 1. The molecule has 1 saturated heterocycles. The van der Waals surface area contributed by atoms with E-state index in [1.54, 1.807) is 6.33 Å². The van der Waals surface area contributed by atoms with Crippen molar-refractivity contribution in [3.8, 4) is 0 Å². The molecule has 3 rings (SSSR count). The zero-order chi connectivity index (χ0) is 20.4. The molecule has 28 heavy (non-hydrogen) atoms. The summed E-state index contributed by atoms with van der Waals surface area (Å²) >= 11 is 0. The van der Waals surface area contributed by atoms with Crippen molar-refractivity contribution in [1.29, 1.82) is 0 Å². The summed E-state index contributed by atoms with van der Waals surface area (Å²) < 4.78 is 0. The molecule has 0 atom stereocenters. The second-order valence-electron chi connectivity index (χ2n) is 7.44. The highest BCUT2D eigenvalue weighted by atomic mass is 16.1. The molecule has 5 nitrogen and oxygen atoms in total. The summed E-state index contributed by atoms with van der Waals surface area (Å²) in [6.07, 6.45) is 8.99. The third kappa shape index (κ3) is 6.79. The summed E-state index contributed by atoms with van der Waals surface area (Å²) in [6, 6.07) is 6.12. The molecule has 2 heterocycles. The number of imidazole rings is 1. The number of hydrogen-bond donors (Lipinski definition) is 2. The van der Waals surface area contributed by atoms with E-state index in [2.05, 4.69) is 46.2 Å². The minimum atomic E-state index is 0.137. The van der Waals surface area contributed by atoms with Crippen LogP contribution in [0.5, 0.6) is 0 Å². The number of unbranched alkanes of at least 4 members (excludes halogenated alkanes) is 1. The minimum absolute atomic E-state index is 0.137. The maximum Gasteiger partial charge on any atom is 0.227 e. The summed E-state index contributed by atoms with van der Waals surface area (Å²) in [6.45, 7) is 11.3. The fourth-order valence-electron chi connectivity index (χ4n) is 3.55. The van der Waals surface area contributed by atoms with E-state index >= 15 is 0 Å². The third-order valence-corrected chi connectivity index (χ3v) is 5.46. The Labute approximate surface area is 169 Å². The normalized spacial score (nSPS) is 15.0. The molecule has 5 heteroatoms. The van der Waals surface area contributed by atoms with Crippen LogP contribution in [0.15, 0.2) is 30.7 Å². The number of nitrogens with one attached hydrogen (secondary N) is 2. The first-order valence-corrected chi connectivity index (χ1v) is 10.7. The van der Waals surface area contributed by atoms with Crippen LogP contribution in [0, 0.1) is 19.8 Å². The maximum absolute atomic E-state index is 12.5. The average Bonchev–Trinajstić information content (AvgIpc) is 3.24. The number of aromatic nitrogens is 2. The Morgan fingerprint density at radius 2 is 1.93 bits per heavy atom. The summed E-state index contributed by atoms with van der Waals surface area (Å²) in [5.74, 6) is 0.310. The number of nitrogens with zero attached hydrogens (tertiary/aromatic N) is 2. The molecule has 0 unspecified atom stereocenters. The smallest absolute Gasteiger partial charge is 0.227 e. The van der Waals surface area contributed by atoms with Crippen LogP contribution in [0.25, 0.3) is 0 Å². The lowest BCUT2D eigenvalue weighted by Crippen LogP contribution is -2.38. The van der Waals surface area contributed by atoms with Crippen molar-refractivity contribution in [3.05, 3.63) is 47.5 Å². The molecule has 1 fully saturated rings. The van der Waals surface area contributed by atoms with Crippen LogP contribution >= 0.6 is 0 Å². The van der Waals surface area contributed by atoms with E-state index < -0.39 is 0 Å². The highest BCUT2D eigenvalue weighted by Gasteiger charge is 2.24. The first-order valence-electron chi connectivity index (χ1n) is 10.7. The maximum atomic E-state index is 12.5. The highest BCUT2D eigenvalue weighted by molar-refractivity contribution is 5.92. The molecule has 0 aliphatic carbocycles. The number of H-pyrrole nitrogens is 1. The summed E-state index contributed by atoms with van der Waals surface area (Å²) in [5, 5.41) is 3.10. The van der Waals surface area contributed by atoms with Gasteiger partial charge in [-0.05, 0) is 88.8 Å². The molecule has 1 aliphatic rings. The van der Waals surface area contributed by atoms with E-state index in [1.807, 2.05) is 26.1 Å². The van der Waals surface area contributed by atoms with Crippen LogP contribution in [-0.2, 0) is 11.2 Å². The fraction of sp³-hybridized carbons (Fsp3) is 0.565. The Kier molecular flexibility index (Phi) is 9.21. The molecule has 0 spiro atoms. The van der Waals surface area contributed by atoms with Crippen LogP contribution in [0.2, 0.25) is 0 Å². The monoisotopic (exact) mass is 384 g/mol. The van der Waals surface area contributed by atoms with Crippen molar-refractivity contribution < 1.29 is 4.79 Å². The number of aromatic amines is 1. The summed E-state index contributed by atoms with van der Waals surface area (Å²) in [7, 11) is 0. The summed E-state index contributed by atoms with van der Waals surface area (Å²) in [5.41, 5.74) is 4.60. The lowest BCUT2D eigenvalue weighted by Gasteiger charge is -2.31. The van der Waals surface area contributed by atoms with Gasteiger partial charge in [-0.2, -0.15) is 0 Å². The number of amides is 1. The second kappa shape index (κ2) is 11.6. The van der Waals surface area contributed by atoms with Crippen molar-refractivity contribution in [2.45, 2.75) is 59.8 Å². The zero-order valence-electron chi connectivity index (χ0n) is 17.9. The molecule has 0 radical (unpaired) electrons. The van der Waals surface area contributed by atoms with Crippen molar-refractivity contribution >= 4 is 11.6 Å². The van der Waals surface area contributed by atoms with Gasteiger partial charge in [-0.3, -0.25) is 4.79 Å². The van der Waals surface area contributed by atoms with Crippen LogP contribution < -0.4 is 5.32 Å². The lowest BCUT2D eigenvalue weighted by molar-refractivity contribution is -0.121. The van der Waals surface area contributed by atoms with Gasteiger partial charge in [-0.1, -0.05) is 19.9 Å². The van der Waals surface area contributed by atoms with Crippen molar-refractivity contribution in [1.82, 2.24) is 14.9 Å². The molecule has 1 aliphatic heterocycles. The van der Waals surface area contributed by atoms with Gasteiger partial charge in [-0.15, -0.1) is 0 Å². The first kappa shape index (κ1) is 22.2. The predicted molar refractivity (Wildman–Crippen MR) is 117 cm³/mol. The largest absolute Gasteiger partial charge is 0.348 e.